The van der Waals surface area contributed by atoms with E-state index in [2.05, 4.69) is 24.1 Å². The molecule has 32 heavy (non-hydrogen) atoms. The maximum atomic E-state index is 12.6. The van der Waals surface area contributed by atoms with Gasteiger partial charge in [-0.1, -0.05) is 43.8 Å². The number of rotatable bonds is 8. The molecule has 3 rings (SSSR count). The third-order valence-electron chi connectivity index (χ3n) is 4.43. The molecule has 0 aliphatic carbocycles. The molecule has 0 unspecified atom stereocenters. The van der Waals surface area contributed by atoms with Crippen LogP contribution in [0.4, 0.5) is 11.4 Å². The fraction of sp³-hybridized carbons (Fsp3) is 0.174. The van der Waals surface area contributed by atoms with E-state index < -0.39 is 10.9 Å². The van der Waals surface area contributed by atoms with Crippen molar-refractivity contribution in [2.75, 3.05) is 11.1 Å². The molecule has 0 aliphatic rings. The van der Waals surface area contributed by atoms with Gasteiger partial charge >= 0.3 is 5.97 Å². The van der Waals surface area contributed by atoms with Gasteiger partial charge in [0, 0.05) is 18.0 Å². The highest BCUT2D eigenvalue weighted by molar-refractivity contribution is 8.00. The zero-order valence-electron chi connectivity index (χ0n) is 17.5. The molecule has 0 aliphatic heterocycles. The lowest BCUT2D eigenvalue weighted by atomic mass is 10.0. The minimum atomic E-state index is -0.717. The first-order chi connectivity index (χ1) is 15.3. The number of nitro groups is 1. The molecule has 0 radical (unpaired) electrons. The highest BCUT2D eigenvalue weighted by Crippen LogP contribution is 2.24. The van der Waals surface area contributed by atoms with E-state index in [0.29, 0.717) is 16.6 Å². The summed E-state index contributed by atoms with van der Waals surface area (Å²) < 4.78 is 5.27. The molecule has 164 valence electrons. The van der Waals surface area contributed by atoms with Crippen molar-refractivity contribution in [2.45, 2.75) is 24.8 Å². The molecule has 1 heterocycles. The number of benzene rings is 2. The lowest BCUT2D eigenvalue weighted by Gasteiger charge is -2.10. The largest absolute Gasteiger partial charge is 0.423 e. The Balaban J connectivity index is 1.63. The molecule has 0 fully saturated rings. The molecule has 9 heteroatoms. The van der Waals surface area contributed by atoms with E-state index in [9.17, 15) is 19.7 Å². The SMILES string of the molecule is CC(C)c1ccc(NC(=O)CSc2ncccc2C(=O)Oc2cccc([N+](=O)[O-])c2)cc1. The number of ether oxygens (including phenoxy) is 1. The molecule has 1 amide bonds. The summed E-state index contributed by atoms with van der Waals surface area (Å²) in [6, 6.07) is 16.1. The first-order valence-electron chi connectivity index (χ1n) is 9.77. The molecular weight excluding hydrogens is 430 g/mol. The number of nitrogens with one attached hydrogen (secondary N) is 1. The fourth-order valence-corrected chi connectivity index (χ4v) is 3.55. The van der Waals surface area contributed by atoms with Gasteiger partial charge in [0.1, 0.15) is 10.8 Å². The summed E-state index contributed by atoms with van der Waals surface area (Å²) in [5, 5.41) is 14.0. The minimum absolute atomic E-state index is 0.0417. The van der Waals surface area contributed by atoms with E-state index in [4.69, 9.17) is 4.74 Å². The summed E-state index contributed by atoms with van der Waals surface area (Å²) in [4.78, 5) is 39.4. The number of amides is 1. The van der Waals surface area contributed by atoms with Gasteiger partial charge in [-0.15, -0.1) is 0 Å². The van der Waals surface area contributed by atoms with Gasteiger partial charge in [0.15, 0.2) is 0 Å². The van der Waals surface area contributed by atoms with Gasteiger partial charge in [0.25, 0.3) is 5.69 Å². The van der Waals surface area contributed by atoms with Gasteiger partial charge in [-0.05, 0) is 41.8 Å². The van der Waals surface area contributed by atoms with Gasteiger partial charge in [0.2, 0.25) is 5.91 Å². The van der Waals surface area contributed by atoms with Crippen LogP contribution in [0.3, 0.4) is 0 Å². The van der Waals surface area contributed by atoms with Crippen molar-refractivity contribution in [1.82, 2.24) is 4.98 Å². The highest BCUT2D eigenvalue weighted by Gasteiger charge is 2.17. The zero-order valence-corrected chi connectivity index (χ0v) is 18.3. The van der Waals surface area contributed by atoms with Crippen LogP contribution in [0.2, 0.25) is 0 Å². The lowest BCUT2D eigenvalue weighted by molar-refractivity contribution is -0.384. The number of pyridine rings is 1. The van der Waals surface area contributed by atoms with Gasteiger partial charge in [0.05, 0.1) is 22.3 Å². The number of hydrogen-bond acceptors (Lipinski definition) is 7. The van der Waals surface area contributed by atoms with Crippen LogP contribution in [-0.2, 0) is 4.79 Å². The first-order valence-corrected chi connectivity index (χ1v) is 10.8. The van der Waals surface area contributed by atoms with Crippen molar-refractivity contribution in [3.63, 3.8) is 0 Å². The molecule has 8 nitrogen and oxygen atoms in total. The second-order valence-electron chi connectivity index (χ2n) is 7.11. The average molecular weight is 452 g/mol. The maximum Gasteiger partial charge on any atom is 0.346 e. The molecule has 1 aromatic heterocycles. The Bertz CT molecular complexity index is 1130. The zero-order chi connectivity index (χ0) is 23.1. The van der Waals surface area contributed by atoms with Crippen molar-refractivity contribution >= 4 is 35.0 Å². The minimum Gasteiger partial charge on any atom is -0.423 e. The molecule has 0 bridgehead atoms. The van der Waals surface area contributed by atoms with E-state index in [-0.39, 0.29) is 28.7 Å². The second-order valence-corrected chi connectivity index (χ2v) is 8.08. The average Bonchev–Trinajstić information content (AvgIpc) is 2.78. The normalized spacial score (nSPS) is 10.6. The number of anilines is 1. The molecule has 2 aromatic carbocycles. The van der Waals surface area contributed by atoms with Crippen LogP contribution in [0.15, 0.2) is 71.9 Å². The number of carbonyl (C=O) groups excluding carboxylic acids is 2. The molecule has 0 atom stereocenters. The summed E-state index contributed by atoms with van der Waals surface area (Å²) in [6.07, 6.45) is 1.51. The maximum absolute atomic E-state index is 12.6. The van der Waals surface area contributed by atoms with E-state index in [1.807, 2.05) is 24.3 Å². The van der Waals surface area contributed by atoms with Crippen molar-refractivity contribution < 1.29 is 19.2 Å². The monoisotopic (exact) mass is 451 g/mol. The summed E-state index contributed by atoms with van der Waals surface area (Å²) in [5.74, 6) is -0.465. The number of thioether (sulfide) groups is 1. The van der Waals surface area contributed by atoms with Crippen LogP contribution in [0.1, 0.15) is 35.7 Å². The number of nitro benzene ring substituents is 1. The summed E-state index contributed by atoms with van der Waals surface area (Å²) in [7, 11) is 0. The van der Waals surface area contributed by atoms with Gasteiger partial charge in [-0.2, -0.15) is 0 Å². The van der Waals surface area contributed by atoms with Crippen molar-refractivity contribution in [3.05, 3.63) is 88.1 Å². The summed E-state index contributed by atoms with van der Waals surface area (Å²) in [6.45, 7) is 4.19. The topological polar surface area (TPSA) is 111 Å². The molecule has 0 saturated heterocycles. The van der Waals surface area contributed by atoms with E-state index in [1.165, 1.54) is 42.1 Å². The predicted octanol–water partition coefficient (Wildman–Crippen LogP) is 5.06. The number of hydrogen-bond donors (Lipinski definition) is 1. The van der Waals surface area contributed by atoms with Gasteiger partial charge < -0.3 is 10.1 Å². The van der Waals surface area contributed by atoms with Gasteiger partial charge in [-0.25, -0.2) is 9.78 Å². The quantitative estimate of drug-likeness (QED) is 0.167. The Morgan fingerprint density at radius 2 is 1.88 bits per heavy atom. The van der Waals surface area contributed by atoms with Crippen molar-refractivity contribution in [1.29, 1.82) is 0 Å². The number of esters is 1. The Hall–Kier alpha value is -3.72. The molecular formula is C23H21N3O5S. The standard InChI is InChI=1S/C23H21N3O5S/c1-15(2)16-8-10-17(11-9-16)25-21(27)14-32-22-20(7-4-12-24-22)23(28)31-19-6-3-5-18(13-19)26(29)30/h3-13,15H,14H2,1-2H3,(H,25,27). The number of nitrogens with zero attached hydrogens (tertiary/aromatic N) is 2. The van der Waals surface area contributed by atoms with Crippen LogP contribution < -0.4 is 10.1 Å². The smallest absolute Gasteiger partial charge is 0.346 e. The molecule has 1 N–H and O–H groups in total. The van der Waals surface area contributed by atoms with Crippen molar-refractivity contribution in [3.8, 4) is 5.75 Å². The third-order valence-corrected chi connectivity index (χ3v) is 5.44. The van der Waals surface area contributed by atoms with Crippen molar-refractivity contribution in [2.24, 2.45) is 0 Å². The molecule has 0 saturated carbocycles. The number of carbonyl (C=O) groups is 2. The Morgan fingerprint density at radius 3 is 2.56 bits per heavy atom. The van der Waals surface area contributed by atoms with E-state index in [1.54, 1.807) is 6.07 Å². The highest BCUT2D eigenvalue weighted by atomic mass is 32.2. The van der Waals surface area contributed by atoms with Crippen LogP contribution in [-0.4, -0.2) is 27.5 Å². The fourth-order valence-electron chi connectivity index (χ4n) is 2.77. The third kappa shape index (κ3) is 6.14. The molecule has 3 aromatic rings. The van der Waals surface area contributed by atoms with Crippen LogP contribution >= 0.6 is 11.8 Å². The predicted molar refractivity (Wildman–Crippen MR) is 122 cm³/mol. The number of non-ortho nitro benzene ring substituents is 1. The summed E-state index contributed by atoms with van der Waals surface area (Å²) in [5.41, 5.74) is 1.84. The van der Waals surface area contributed by atoms with Gasteiger partial charge in [-0.3, -0.25) is 14.9 Å². The Labute approximate surface area is 189 Å². The summed E-state index contributed by atoms with van der Waals surface area (Å²) >= 11 is 1.10. The first kappa shape index (κ1) is 23.0. The Morgan fingerprint density at radius 1 is 1.12 bits per heavy atom. The van der Waals surface area contributed by atoms with E-state index >= 15 is 0 Å². The number of aromatic nitrogens is 1. The van der Waals surface area contributed by atoms with Crippen LogP contribution in [0.25, 0.3) is 0 Å². The van der Waals surface area contributed by atoms with Crippen LogP contribution in [0, 0.1) is 10.1 Å². The van der Waals surface area contributed by atoms with E-state index in [0.717, 1.165) is 11.8 Å². The van der Waals surface area contributed by atoms with Crippen LogP contribution in [0.5, 0.6) is 5.75 Å². The Kier molecular flexibility index (Phi) is 7.56. The second kappa shape index (κ2) is 10.5. The molecule has 0 spiro atoms. The lowest BCUT2D eigenvalue weighted by Crippen LogP contribution is -2.15.